The van der Waals surface area contributed by atoms with E-state index >= 15 is 0 Å². The van der Waals surface area contributed by atoms with Crippen LogP contribution in [0.25, 0.3) is 0 Å². The lowest BCUT2D eigenvalue weighted by Crippen LogP contribution is -2.51. The van der Waals surface area contributed by atoms with Crippen LogP contribution < -0.4 is 5.32 Å². The van der Waals surface area contributed by atoms with E-state index in [1.165, 1.54) is 0 Å². The summed E-state index contributed by atoms with van der Waals surface area (Å²) in [5.74, 6) is 2.63. The SMILES string of the molecule is C#CC(CC)(CC)NC(=O)CN(C)CC1(O)CCCC1. The average Bonchev–Trinajstić information content (AvgIpc) is 2.82. The van der Waals surface area contributed by atoms with E-state index in [9.17, 15) is 9.90 Å². The van der Waals surface area contributed by atoms with E-state index in [0.29, 0.717) is 6.54 Å². The second-order valence-corrected chi connectivity index (χ2v) is 6.09. The number of hydrogen-bond donors (Lipinski definition) is 2. The molecule has 0 bridgehead atoms. The second kappa shape index (κ2) is 7.10. The van der Waals surface area contributed by atoms with Crippen LogP contribution in [-0.2, 0) is 4.79 Å². The molecule has 0 aromatic carbocycles. The van der Waals surface area contributed by atoms with Gasteiger partial charge >= 0.3 is 0 Å². The highest BCUT2D eigenvalue weighted by atomic mass is 16.3. The van der Waals surface area contributed by atoms with E-state index in [-0.39, 0.29) is 12.5 Å². The van der Waals surface area contributed by atoms with Gasteiger partial charge in [0.2, 0.25) is 5.91 Å². The summed E-state index contributed by atoms with van der Waals surface area (Å²) in [7, 11) is 1.87. The Kier molecular flexibility index (Phi) is 6.04. The molecule has 1 aliphatic carbocycles. The number of aliphatic hydroxyl groups is 1. The van der Waals surface area contributed by atoms with Crippen molar-refractivity contribution in [1.29, 1.82) is 0 Å². The zero-order valence-corrected chi connectivity index (χ0v) is 13.0. The van der Waals surface area contributed by atoms with Gasteiger partial charge in [0.15, 0.2) is 0 Å². The molecular weight excluding hydrogens is 252 g/mol. The fraction of sp³-hybridized carbons (Fsp3) is 0.812. The molecule has 0 radical (unpaired) electrons. The Balaban J connectivity index is 2.47. The summed E-state index contributed by atoms with van der Waals surface area (Å²) in [4.78, 5) is 14.0. The molecule has 4 nitrogen and oxygen atoms in total. The smallest absolute Gasteiger partial charge is 0.235 e. The molecule has 4 heteroatoms. The van der Waals surface area contributed by atoms with E-state index in [1.807, 2.05) is 25.8 Å². The summed E-state index contributed by atoms with van der Waals surface area (Å²) in [5, 5.41) is 13.3. The van der Waals surface area contributed by atoms with Gasteiger partial charge in [0.1, 0.15) is 5.54 Å². The molecule has 0 spiro atoms. The lowest BCUT2D eigenvalue weighted by atomic mass is 9.94. The lowest BCUT2D eigenvalue weighted by molar-refractivity contribution is -0.124. The molecule has 0 heterocycles. The zero-order chi connectivity index (χ0) is 15.2. The summed E-state index contributed by atoms with van der Waals surface area (Å²) in [6, 6.07) is 0. The van der Waals surface area contributed by atoms with Gasteiger partial charge in [-0.05, 0) is 32.7 Å². The number of hydrogen-bond acceptors (Lipinski definition) is 3. The lowest BCUT2D eigenvalue weighted by Gasteiger charge is -2.31. The van der Waals surface area contributed by atoms with E-state index in [1.54, 1.807) is 0 Å². The Morgan fingerprint density at radius 1 is 1.40 bits per heavy atom. The van der Waals surface area contributed by atoms with Gasteiger partial charge in [0, 0.05) is 6.54 Å². The van der Waals surface area contributed by atoms with Crippen molar-refractivity contribution >= 4 is 5.91 Å². The molecule has 0 unspecified atom stereocenters. The Labute approximate surface area is 122 Å². The van der Waals surface area contributed by atoms with E-state index in [0.717, 1.165) is 38.5 Å². The van der Waals surface area contributed by atoms with Crippen molar-refractivity contribution in [2.24, 2.45) is 0 Å². The summed E-state index contributed by atoms with van der Waals surface area (Å²) < 4.78 is 0. The highest BCUT2D eigenvalue weighted by molar-refractivity contribution is 5.79. The van der Waals surface area contributed by atoms with E-state index in [2.05, 4.69) is 11.2 Å². The third-order valence-corrected chi connectivity index (χ3v) is 4.37. The summed E-state index contributed by atoms with van der Waals surface area (Å²) >= 11 is 0. The second-order valence-electron chi connectivity index (χ2n) is 6.09. The van der Waals surface area contributed by atoms with Crippen LogP contribution >= 0.6 is 0 Å². The van der Waals surface area contributed by atoms with Crippen LogP contribution in [0.2, 0.25) is 0 Å². The number of likely N-dealkylation sites (N-methyl/N-ethyl adjacent to an activating group) is 1. The average molecular weight is 280 g/mol. The molecule has 0 atom stereocenters. The van der Waals surface area contributed by atoms with Crippen molar-refractivity contribution < 1.29 is 9.90 Å². The minimum absolute atomic E-state index is 0.0734. The monoisotopic (exact) mass is 280 g/mol. The van der Waals surface area contributed by atoms with E-state index < -0.39 is 11.1 Å². The molecular formula is C16H28N2O2. The Hall–Kier alpha value is -1.05. The molecule has 0 aromatic rings. The molecule has 0 aromatic heterocycles. The number of rotatable bonds is 7. The van der Waals surface area contributed by atoms with Crippen molar-refractivity contribution in [2.45, 2.75) is 63.5 Å². The molecule has 1 aliphatic rings. The van der Waals surface area contributed by atoms with Crippen molar-refractivity contribution in [3.63, 3.8) is 0 Å². The van der Waals surface area contributed by atoms with Crippen LogP contribution in [0.1, 0.15) is 52.4 Å². The van der Waals surface area contributed by atoms with Gasteiger partial charge in [-0.3, -0.25) is 9.69 Å². The number of nitrogens with zero attached hydrogens (tertiary/aromatic N) is 1. The topological polar surface area (TPSA) is 52.6 Å². The highest BCUT2D eigenvalue weighted by Gasteiger charge is 2.33. The molecule has 1 rings (SSSR count). The quantitative estimate of drug-likeness (QED) is 0.695. The van der Waals surface area contributed by atoms with Gasteiger partial charge in [-0.25, -0.2) is 0 Å². The van der Waals surface area contributed by atoms with Crippen LogP contribution in [0.5, 0.6) is 0 Å². The number of amides is 1. The first kappa shape index (κ1) is 17.0. The molecule has 0 saturated heterocycles. The van der Waals surface area contributed by atoms with Crippen LogP contribution in [-0.4, -0.2) is 47.2 Å². The number of nitrogens with one attached hydrogen (secondary N) is 1. The van der Waals surface area contributed by atoms with Crippen LogP contribution in [0.15, 0.2) is 0 Å². The number of carbonyl (C=O) groups is 1. The molecule has 2 N–H and O–H groups in total. The maximum absolute atomic E-state index is 12.1. The minimum atomic E-state index is -0.617. The Morgan fingerprint density at radius 2 is 1.95 bits per heavy atom. The molecule has 114 valence electrons. The fourth-order valence-corrected chi connectivity index (χ4v) is 2.97. The largest absolute Gasteiger partial charge is 0.389 e. The standard InChI is InChI=1S/C16H28N2O2/c1-5-15(6-2,7-3)17-14(19)12-18(4)13-16(20)10-8-9-11-16/h1,20H,6-13H2,2-4H3,(H,17,19). The van der Waals surface area contributed by atoms with Gasteiger partial charge in [0.05, 0.1) is 12.1 Å². The van der Waals surface area contributed by atoms with Crippen molar-refractivity contribution in [1.82, 2.24) is 10.2 Å². The molecule has 0 aliphatic heterocycles. The predicted molar refractivity (Wildman–Crippen MR) is 81.2 cm³/mol. The van der Waals surface area contributed by atoms with Crippen LogP contribution in [0.4, 0.5) is 0 Å². The molecule has 20 heavy (non-hydrogen) atoms. The van der Waals surface area contributed by atoms with Gasteiger partial charge in [-0.15, -0.1) is 6.42 Å². The Bertz CT molecular complexity index is 363. The summed E-state index contributed by atoms with van der Waals surface area (Å²) in [5.41, 5.74) is -1.16. The first-order valence-electron chi connectivity index (χ1n) is 7.58. The number of carbonyl (C=O) groups excluding carboxylic acids is 1. The summed E-state index contributed by atoms with van der Waals surface area (Å²) in [6.07, 6.45) is 10.8. The van der Waals surface area contributed by atoms with E-state index in [4.69, 9.17) is 6.42 Å². The normalized spacial score (nSPS) is 18.0. The zero-order valence-electron chi connectivity index (χ0n) is 13.0. The van der Waals surface area contributed by atoms with Crippen molar-refractivity contribution in [3.05, 3.63) is 0 Å². The van der Waals surface area contributed by atoms with Gasteiger partial charge in [-0.2, -0.15) is 0 Å². The predicted octanol–water partition coefficient (Wildman–Crippen LogP) is 1.53. The van der Waals surface area contributed by atoms with Gasteiger partial charge in [0.25, 0.3) is 0 Å². The Morgan fingerprint density at radius 3 is 2.40 bits per heavy atom. The van der Waals surface area contributed by atoms with Crippen molar-refractivity contribution in [3.8, 4) is 12.3 Å². The maximum Gasteiger partial charge on any atom is 0.235 e. The molecule has 1 amide bonds. The molecule has 1 fully saturated rings. The highest BCUT2D eigenvalue weighted by Crippen LogP contribution is 2.29. The van der Waals surface area contributed by atoms with Crippen molar-refractivity contribution in [2.75, 3.05) is 20.1 Å². The first-order chi connectivity index (χ1) is 9.38. The molecule has 1 saturated carbocycles. The minimum Gasteiger partial charge on any atom is -0.389 e. The maximum atomic E-state index is 12.1. The summed E-state index contributed by atoms with van der Waals surface area (Å²) in [6.45, 7) is 4.77. The van der Waals surface area contributed by atoms with Gasteiger partial charge in [-0.1, -0.05) is 32.6 Å². The first-order valence-corrected chi connectivity index (χ1v) is 7.58. The fourth-order valence-electron chi connectivity index (χ4n) is 2.97. The van der Waals surface area contributed by atoms with Crippen LogP contribution in [0.3, 0.4) is 0 Å². The third-order valence-electron chi connectivity index (χ3n) is 4.37. The van der Waals surface area contributed by atoms with Gasteiger partial charge < -0.3 is 10.4 Å². The number of terminal acetylenes is 1. The van der Waals surface area contributed by atoms with Crippen LogP contribution in [0, 0.1) is 12.3 Å². The third kappa shape index (κ3) is 4.50.